The minimum Gasteiger partial charge on any atom is -0.464 e. The summed E-state index contributed by atoms with van der Waals surface area (Å²) >= 11 is 0. The zero-order valence-electron chi connectivity index (χ0n) is 13.3. The van der Waals surface area contributed by atoms with Crippen molar-refractivity contribution in [1.29, 1.82) is 5.26 Å². The molecule has 118 valence electrons. The number of aryl methyl sites for hydroxylation is 1. The van der Waals surface area contributed by atoms with Crippen molar-refractivity contribution >= 4 is 22.4 Å². The zero-order chi connectivity index (χ0) is 16.2. The summed E-state index contributed by atoms with van der Waals surface area (Å²) in [6.45, 7) is 2.75. The van der Waals surface area contributed by atoms with Crippen LogP contribution in [0, 0.1) is 11.3 Å². The number of ether oxygens (including phenoxy) is 1. The fraction of sp³-hybridized carbons (Fsp3) is 0.368. The second-order valence-electron chi connectivity index (χ2n) is 5.69. The van der Waals surface area contributed by atoms with E-state index in [0.29, 0.717) is 19.6 Å². The number of carbonyl (C=O) groups is 1. The molecule has 0 bridgehead atoms. The molecule has 0 unspecified atom stereocenters. The highest BCUT2D eigenvalue weighted by Crippen LogP contribution is 2.36. The molecule has 0 aromatic heterocycles. The maximum absolute atomic E-state index is 12.3. The summed E-state index contributed by atoms with van der Waals surface area (Å²) in [5.41, 5.74) is 2.32. The van der Waals surface area contributed by atoms with Crippen LogP contribution in [0.3, 0.4) is 0 Å². The average molecular weight is 308 g/mol. The lowest BCUT2D eigenvalue weighted by molar-refractivity contribution is -0.145. The van der Waals surface area contributed by atoms with Crippen LogP contribution < -0.4 is 4.90 Å². The molecule has 2 aromatic carbocycles. The third-order valence-electron chi connectivity index (χ3n) is 4.39. The maximum Gasteiger partial charge on any atom is 0.328 e. The van der Waals surface area contributed by atoms with Crippen molar-refractivity contribution in [2.24, 2.45) is 0 Å². The summed E-state index contributed by atoms with van der Waals surface area (Å²) in [5, 5.41) is 11.4. The van der Waals surface area contributed by atoms with E-state index in [9.17, 15) is 4.79 Å². The first-order valence-corrected chi connectivity index (χ1v) is 8.07. The minimum atomic E-state index is -0.294. The van der Waals surface area contributed by atoms with Gasteiger partial charge in [0.1, 0.15) is 6.04 Å². The van der Waals surface area contributed by atoms with Gasteiger partial charge in [0.25, 0.3) is 0 Å². The highest BCUT2D eigenvalue weighted by Gasteiger charge is 2.32. The van der Waals surface area contributed by atoms with Crippen LogP contribution in [0.5, 0.6) is 0 Å². The Morgan fingerprint density at radius 2 is 2.17 bits per heavy atom. The van der Waals surface area contributed by atoms with E-state index in [4.69, 9.17) is 10.00 Å². The largest absolute Gasteiger partial charge is 0.464 e. The Hall–Kier alpha value is -2.54. The van der Waals surface area contributed by atoms with E-state index < -0.39 is 0 Å². The monoisotopic (exact) mass is 308 g/mol. The lowest BCUT2D eigenvalue weighted by atomic mass is 9.91. The number of fused-ring (bicyclic) bond motifs is 3. The van der Waals surface area contributed by atoms with E-state index in [-0.39, 0.29) is 12.0 Å². The number of anilines is 1. The van der Waals surface area contributed by atoms with Gasteiger partial charge in [0.15, 0.2) is 0 Å². The van der Waals surface area contributed by atoms with E-state index in [1.807, 2.05) is 24.0 Å². The SMILES string of the molecule is CCOC(=O)[C@H]1CCc2c(ccc3ccccc23)N1CCC#N. The quantitative estimate of drug-likeness (QED) is 0.812. The van der Waals surface area contributed by atoms with Crippen LogP contribution >= 0.6 is 0 Å². The molecule has 23 heavy (non-hydrogen) atoms. The number of hydrogen-bond acceptors (Lipinski definition) is 4. The summed E-state index contributed by atoms with van der Waals surface area (Å²) in [7, 11) is 0. The summed E-state index contributed by atoms with van der Waals surface area (Å²) in [4.78, 5) is 14.3. The first-order valence-electron chi connectivity index (χ1n) is 8.07. The number of rotatable bonds is 4. The molecular weight excluding hydrogens is 288 g/mol. The van der Waals surface area contributed by atoms with Crippen LogP contribution in [0.4, 0.5) is 5.69 Å². The number of hydrogen-bond donors (Lipinski definition) is 0. The van der Waals surface area contributed by atoms with Crippen molar-refractivity contribution in [3.63, 3.8) is 0 Å². The lowest BCUT2D eigenvalue weighted by Crippen LogP contribution is -2.46. The molecule has 4 heteroatoms. The molecule has 0 amide bonds. The van der Waals surface area contributed by atoms with Crippen LogP contribution in [0.25, 0.3) is 10.8 Å². The molecule has 0 aliphatic carbocycles. The summed E-state index contributed by atoms with van der Waals surface area (Å²) < 4.78 is 5.23. The van der Waals surface area contributed by atoms with Gasteiger partial charge >= 0.3 is 5.97 Å². The number of nitrogens with zero attached hydrogens (tertiary/aromatic N) is 2. The number of nitriles is 1. The molecule has 1 atom stereocenters. The Bertz CT molecular complexity index is 764. The Morgan fingerprint density at radius 3 is 2.96 bits per heavy atom. The standard InChI is InChI=1S/C19H20N2O2/c1-2-23-19(22)18-11-9-16-15-7-4-3-6-14(15)8-10-17(16)21(18)13-5-12-20/h3-4,6-8,10,18H,2,5,9,11,13H2,1H3/t18-/m1/s1. The molecule has 1 aliphatic rings. The number of benzene rings is 2. The third-order valence-corrected chi connectivity index (χ3v) is 4.39. The van der Waals surface area contributed by atoms with Crippen LogP contribution in [0.2, 0.25) is 0 Å². The summed E-state index contributed by atoms with van der Waals surface area (Å²) in [6.07, 6.45) is 1.97. The molecule has 0 N–H and O–H groups in total. The van der Waals surface area contributed by atoms with Crippen LogP contribution in [0.1, 0.15) is 25.3 Å². The van der Waals surface area contributed by atoms with Crippen LogP contribution in [0.15, 0.2) is 36.4 Å². The van der Waals surface area contributed by atoms with E-state index in [1.165, 1.54) is 16.3 Å². The molecule has 3 rings (SSSR count). The van der Waals surface area contributed by atoms with E-state index >= 15 is 0 Å². The number of carbonyl (C=O) groups excluding carboxylic acids is 1. The predicted molar refractivity (Wildman–Crippen MR) is 90.3 cm³/mol. The Balaban J connectivity index is 2.04. The van der Waals surface area contributed by atoms with Gasteiger partial charge in [-0.2, -0.15) is 5.26 Å². The van der Waals surface area contributed by atoms with Gasteiger partial charge in [0.2, 0.25) is 0 Å². The average Bonchev–Trinajstić information content (AvgIpc) is 2.59. The van der Waals surface area contributed by atoms with Gasteiger partial charge in [-0.05, 0) is 42.2 Å². The second-order valence-corrected chi connectivity index (χ2v) is 5.69. The predicted octanol–water partition coefficient (Wildman–Crippen LogP) is 3.44. The van der Waals surface area contributed by atoms with Crippen molar-refractivity contribution in [1.82, 2.24) is 0 Å². The Morgan fingerprint density at radius 1 is 1.35 bits per heavy atom. The lowest BCUT2D eigenvalue weighted by Gasteiger charge is -2.37. The van der Waals surface area contributed by atoms with Gasteiger partial charge in [-0.1, -0.05) is 30.3 Å². The fourth-order valence-electron chi connectivity index (χ4n) is 3.39. The molecule has 1 aliphatic heterocycles. The topological polar surface area (TPSA) is 53.3 Å². The molecule has 0 fully saturated rings. The summed E-state index contributed by atoms with van der Waals surface area (Å²) in [6, 6.07) is 14.3. The molecule has 0 saturated carbocycles. The van der Waals surface area contributed by atoms with E-state index in [0.717, 1.165) is 18.5 Å². The van der Waals surface area contributed by atoms with Gasteiger partial charge in [0, 0.05) is 12.2 Å². The van der Waals surface area contributed by atoms with Gasteiger partial charge in [-0.3, -0.25) is 0 Å². The van der Waals surface area contributed by atoms with Gasteiger partial charge < -0.3 is 9.64 Å². The molecular formula is C19H20N2O2. The van der Waals surface area contributed by atoms with Crippen LogP contribution in [-0.4, -0.2) is 25.2 Å². The molecule has 0 spiro atoms. The van der Waals surface area contributed by atoms with Crippen molar-refractivity contribution in [3.8, 4) is 6.07 Å². The highest BCUT2D eigenvalue weighted by molar-refractivity contribution is 5.92. The highest BCUT2D eigenvalue weighted by atomic mass is 16.5. The van der Waals surface area contributed by atoms with Crippen molar-refractivity contribution in [3.05, 3.63) is 42.0 Å². The second kappa shape index (κ2) is 6.70. The minimum absolute atomic E-state index is 0.191. The van der Waals surface area contributed by atoms with Crippen molar-refractivity contribution in [2.75, 3.05) is 18.1 Å². The molecule has 2 aromatic rings. The van der Waals surface area contributed by atoms with E-state index in [2.05, 4.69) is 30.3 Å². The molecule has 0 saturated heterocycles. The first kappa shape index (κ1) is 15.4. The van der Waals surface area contributed by atoms with Crippen molar-refractivity contribution < 1.29 is 9.53 Å². The number of esters is 1. The maximum atomic E-state index is 12.3. The van der Waals surface area contributed by atoms with Gasteiger partial charge in [-0.25, -0.2) is 4.79 Å². The Kier molecular flexibility index (Phi) is 4.47. The van der Waals surface area contributed by atoms with Gasteiger partial charge in [0.05, 0.1) is 19.1 Å². The molecule has 1 heterocycles. The summed E-state index contributed by atoms with van der Waals surface area (Å²) in [5.74, 6) is -0.191. The third kappa shape index (κ3) is 2.87. The zero-order valence-corrected chi connectivity index (χ0v) is 13.3. The fourth-order valence-corrected chi connectivity index (χ4v) is 3.39. The molecule has 0 radical (unpaired) electrons. The van der Waals surface area contributed by atoms with Crippen LogP contribution in [-0.2, 0) is 16.0 Å². The Labute approximate surface area is 136 Å². The van der Waals surface area contributed by atoms with Crippen molar-refractivity contribution in [2.45, 2.75) is 32.2 Å². The first-order chi connectivity index (χ1) is 11.3. The van der Waals surface area contributed by atoms with E-state index in [1.54, 1.807) is 0 Å². The molecule has 4 nitrogen and oxygen atoms in total. The smallest absolute Gasteiger partial charge is 0.328 e. The van der Waals surface area contributed by atoms with Gasteiger partial charge in [-0.15, -0.1) is 0 Å². The normalized spacial score (nSPS) is 16.7.